The standard InChI is InChI=1S/C14H14FN5O/c15-12-2-1-10(6-16)11(5-12)8-20-4-3-14(21,9-20)13-7-17-19-18-13/h1-2,5,7,21H,3-4,8-9H2,(H,17,18,19)/t14-/m0/s1. The molecular formula is C14H14FN5O. The quantitative estimate of drug-likeness (QED) is 0.876. The summed E-state index contributed by atoms with van der Waals surface area (Å²) in [4.78, 5) is 1.98. The molecule has 2 heterocycles. The molecule has 0 aliphatic carbocycles. The summed E-state index contributed by atoms with van der Waals surface area (Å²) in [5, 5.41) is 29.8. The van der Waals surface area contributed by atoms with E-state index in [9.17, 15) is 9.50 Å². The lowest BCUT2D eigenvalue weighted by Crippen LogP contribution is -2.31. The van der Waals surface area contributed by atoms with Crippen LogP contribution < -0.4 is 0 Å². The number of aliphatic hydroxyl groups is 1. The molecule has 0 unspecified atom stereocenters. The summed E-state index contributed by atoms with van der Waals surface area (Å²) in [5.41, 5.74) is 0.535. The number of aromatic amines is 1. The minimum absolute atomic E-state index is 0.366. The number of nitrogens with zero attached hydrogens (tertiary/aromatic N) is 4. The van der Waals surface area contributed by atoms with Crippen molar-refractivity contribution in [1.82, 2.24) is 20.3 Å². The van der Waals surface area contributed by atoms with Crippen molar-refractivity contribution in [2.24, 2.45) is 0 Å². The van der Waals surface area contributed by atoms with Gasteiger partial charge in [-0.05, 0) is 30.2 Å². The molecule has 0 amide bonds. The number of likely N-dealkylation sites (tertiary alicyclic amines) is 1. The summed E-state index contributed by atoms with van der Waals surface area (Å²) in [6.45, 7) is 1.44. The van der Waals surface area contributed by atoms with Crippen LogP contribution in [0.4, 0.5) is 4.39 Å². The zero-order valence-electron chi connectivity index (χ0n) is 11.3. The summed E-state index contributed by atoms with van der Waals surface area (Å²) in [5.74, 6) is -0.366. The van der Waals surface area contributed by atoms with Crippen LogP contribution in [0.25, 0.3) is 0 Å². The molecule has 2 aromatic rings. The van der Waals surface area contributed by atoms with Gasteiger partial charge in [-0.1, -0.05) is 0 Å². The number of aromatic nitrogens is 3. The molecule has 6 nitrogen and oxygen atoms in total. The topological polar surface area (TPSA) is 88.8 Å². The van der Waals surface area contributed by atoms with Gasteiger partial charge in [-0.25, -0.2) is 4.39 Å². The van der Waals surface area contributed by atoms with Crippen LogP contribution in [-0.2, 0) is 12.1 Å². The largest absolute Gasteiger partial charge is 0.382 e. The lowest BCUT2D eigenvalue weighted by Gasteiger charge is -2.21. The highest BCUT2D eigenvalue weighted by Gasteiger charge is 2.39. The zero-order chi connectivity index (χ0) is 14.9. The van der Waals surface area contributed by atoms with Crippen LogP contribution in [0.15, 0.2) is 24.4 Å². The fraction of sp³-hybridized carbons (Fsp3) is 0.357. The monoisotopic (exact) mass is 287 g/mol. The molecule has 2 N–H and O–H groups in total. The fourth-order valence-corrected chi connectivity index (χ4v) is 2.68. The molecule has 108 valence electrons. The van der Waals surface area contributed by atoms with Crippen LogP contribution in [-0.4, -0.2) is 38.5 Å². The molecule has 0 spiro atoms. The first-order chi connectivity index (χ1) is 10.1. The molecule has 1 aliphatic heterocycles. The summed E-state index contributed by atoms with van der Waals surface area (Å²) >= 11 is 0. The Bertz CT molecular complexity index is 681. The van der Waals surface area contributed by atoms with E-state index in [0.29, 0.717) is 42.9 Å². The third-order valence-electron chi connectivity index (χ3n) is 3.80. The van der Waals surface area contributed by atoms with Crippen LogP contribution in [0, 0.1) is 17.1 Å². The van der Waals surface area contributed by atoms with Gasteiger partial charge in [0.25, 0.3) is 0 Å². The van der Waals surface area contributed by atoms with Crippen molar-refractivity contribution in [2.45, 2.75) is 18.6 Å². The van der Waals surface area contributed by atoms with Crippen LogP contribution >= 0.6 is 0 Å². The molecule has 1 saturated heterocycles. The number of nitrogens with one attached hydrogen (secondary N) is 1. The first-order valence-corrected chi connectivity index (χ1v) is 6.60. The summed E-state index contributed by atoms with van der Waals surface area (Å²) in [6.07, 6.45) is 2.03. The minimum Gasteiger partial charge on any atom is -0.382 e. The van der Waals surface area contributed by atoms with Crippen LogP contribution in [0.5, 0.6) is 0 Å². The predicted molar refractivity (Wildman–Crippen MR) is 71.3 cm³/mol. The molecular weight excluding hydrogens is 273 g/mol. The lowest BCUT2D eigenvalue weighted by molar-refractivity contribution is 0.0408. The molecule has 21 heavy (non-hydrogen) atoms. The molecule has 0 bridgehead atoms. The van der Waals surface area contributed by atoms with Gasteiger partial charge in [0.2, 0.25) is 0 Å². The molecule has 1 aromatic heterocycles. The first-order valence-electron chi connectivity index (χ1n) is 6.60. The van der Waals surface area contributed by atoms with Gasteiger partial charge in [0, 0.05) is 19.6 Å². The Balaban J connectivity index is 1.76. The number of rotatable bonds is 3. The number of nitriles is 1. The Morgan fingerprint density at radius 1 is 1.52 bits per heavy atom. The Hall–Kier alpha value is -2.30. The first kappa shape index (κ1) is 13.7. The highest BCUT2D eigenvalue weighted by atomic mass is 19.1. The number of H-pyrrole nitrogens is 1. The van der Waals surface area contributed by atoms with Crippen LogP contribution in [0.1, 0.15) is 23.2 Å². The summed E-state index contributed by atoms with van der Waals surface area (Å²) < 4.78 is 13.3. The lowest BCUT2D eigenvalue weighted by atomic mass is 10.00. The van der Waals surface area contributed by atoms with Crippen molar-refractivity contribution in [3.8, 4) is 6.07 Å². The third-order valence-corrected chi connectivity index (χ3v) is 3.80. The van der Waals surface area contributed by atoms with Gasteiger partial charge in [-0.2, -0.15) is 20.7 Å². The zero-order valence-corrected chi connectivity index (χ0v) is 11.3. The van der Waals surface area contributed by atoms with E-state index < -0.39 is 5.60 Å². The van der Waals surface area contributed by atoms with E-state index in [-0.39, 0.29) is 5.82 Å². The van der Waals surface area contributed by atoms with Crippen molar-refractivity contribution in [3.05, 3.63) is 47.0 Å². The maximum atomic E-state index is 13.3. The Kier molecular flexibility index (Phi) is 3.41. The van der Waals surface area contributed by atoms with Crippen molar-refractivity contribution < 1.29 is 9.50 Å². The van der Waals surface area contributed by atoms with Gasteiger partial charge in [0.1, 0.15) is 17.1 Å². The molecule has 0 radical (unpaired) electrons. The molecule has 1 aromatic carbocycles. The number of halogens is 1. The maximum absolute atomic E-state index is 13.3. The Labute approximate surface area is 120 Å². The van der Waals surface area contributed by atoms with Gasteiger partial charge >= 0.3 is 0 Å². The molecule has 0 saturated carbocycles. The van der Waals surface area contributed by atoms with Gasteiger partial charge in [0.15, 0.2) is 0 Å². The average Bonchev–Trinajstić information content (AvgIpc) is 3.10. The fourth-order valence-electron chi connectivity index (χ4n) is 2.68. The second kappa shape index (κ2) is 5.24. The highest BCUT2D eigenvalue weighted by molar-refractivity contribution is 5.37. The molecule has 1 atom stereocenters. The van der Waals surface area contributed by atoms with E-state index in [1.54, 1.807) is 0 Å². The van der Waals surface area contributed by atoms with Crippen LogP contribution in [0.3, 0.4) is 0 Å². The van der Waals surface area contributed by atoms with Crippen LogP contribution in [0.2, 0.25) is 0 Å². The average molecular weight is 287 g/mol. The van der Waals surface area contributed by atoms with E-state index in [1.165, 1.54) is 24.4 Å². The molecule has 1 aliphatic rings. The Morgan fingerprint density at radius 2 is 2.38 bits per heavy atom. The predicted octanol–water partition coefficient (Wildman–Crippen LogP) is 0.909. The number of hydrogen-bond acceptors (Lipinski definition) is 5. The highest BCUT2D eigenvalue weighted by Crippen LogP contribution is 2.31. The second-order valence-corrected chi connectivity index (χ2v) is 5.26. The third kappa shape index (κ3) is 2.63. The van der Waals surface area contributed by atoms with E-state index in [1.807, 2.05) is 4.90 Å². The summed E-state index contributed by atoms with van der Waals surface area (Å²) in [7, 11) is 0. The number of β-amino-alcohol motifs (C(OH)–C–C–N with tert-alkyl or cyclic N) is 1. The van der Waals surface area contributed by atoms with E-state index >= 15 is 0 Å². The smallest absolute Gasteiger partial charge is 0.124 e. The van der Waals surface area contributed by atoms with Crippen molar-refractivity contribution in [3.63, 3.8) is 0 Å². The molecule has 3 rings (SSSR count). The van der Waals surface area contributed by atoms with Gasteiger partial charge in [-0.15, -0.1) is 0 Å². The van der Waals surface area contributed by atoms with Crippen molar-refractivity contribution in [2.75, 3.05) is 13.1 Å². The number of benzene rings is 1. The van der Waals surface area contributed by atoms with Gasteiger partial charge in [0.05, 0.1) is 17.8 Å². The van der Waals surface area contributed by atoms with E-state index in [2.05, 4.69) is 21.5 Å². The Morgan fingerprint density at radius 3 is 3.10 bits per heavy atom. The van der Waals surface area contributed by atoms with Gasteiger partial charge in [-0.3, -0.25) is 4.90 Å². The SMILES string of the molecule is N#Cc1ccc(F)cc1CN1CC[C@@](O)(c2cn[nH]n2)C1. The normalized spacial score (nSPS) is 22.3. The van der Waals surface area contributed by atoms with E-state index in [0.717, 1.165) is 0 Å². The maximum Gasteiger partial charge on any atom is 0.124 e. The van der Waals surface area contributed by atoms with E-state index in [4.69, 9.17) is 5.26 Å². The minimum atomic E-state index is -1.05. The second-order valence-electron chi connectivity index (χ2n) is 5.26. The number of hydrogen-bond donors (Lipinski definition) is 2. The molecule has 1 fully saturated rings. The van der Waals surface area contributed by atoms with Crippen molar-refractivity contribution in [1.29, 1.82) is 5.26 Å². The molecule has 7 heteroatoms. The summed E-state index contributed by atoms with van der Waals surface area (Å²) in [6, 6.07) is 6.18. The van der Waals surface area contributed by atoms with Crippen molar-refractivity contribution >= 4 is 0 Å². The van der Waals surface area contributed by atoms with Gasteiger partial charge < -0.3 is 5.11 Å².